The first-order valence-corrected chi connectivity index (χ1v) is 15.1. The van der Waals surface area contributed by atoms with Gasteiger partial charge < -0.3 is 26.5 Å². The number of nitrogens with zero attached hydrogens (tertiary/aromatic N) is 3. The van der Waals surface area contributed by atoms with Gasteiger partial charge in [0.15, 0.2) is 11.6 Å². The molecule has 1 atom stereocenters. The number of nitrogens with one attached hydrogen (secondary N) is 5. The fourth-order valence-corrected chi connectivity index (χ4v) is 4.83. The molecule has 4 aromatic rings. The molecule has 0 aliphatic heterocycles. The highest BCUT2D eigenvalue weighted by atomic mass is 127. The van der Waals surface area contributed by atoms with Gasteiger partial charge in [0.05, 0.1) is 11.1 Å². The minimum Gasteiger partial charge on any atom is -0.358 e. The normalized spacial score (nSPS) is 11.6. The number of aromatic nitrogens is 3. The Morgan fingerprint density at radius 3 is 2.67 bits per heavy atom. The van der Waals surface area contributed by atoms with Crippen molar-refractivity contribution >= 4 is 80.2 Å². The van der Waals surface area contributed by atoms with Crippen LogP contribution >= 0.6 is 28.4 Å². The van der Waals surface area contributed by atoms with Gasteiger partial charge in [-0.1, -0.05) is 24.3 Å². The smallest absolute Gasteiger partial charge is 0.258 e. The number of pyridine rings is 1. The molecule has 2 aromatic carbocycles. The fourth-order valence-electron chi connectivity index (χ4n) is 3.64. The molecule has 9 nitrogen and oxygen atoms in total. The molecule has 1 amide bonds. The molecule has 36 heavy (non-hydrogen) atoms. The van der Waals surface area contributed by atoms with Crippen LogP contribution in [0.1, 0.15) is 19.4 Å². The SMILES string of the molecule is C/C=C(\C=N)C(=O)Nc1cccc(-n2nc(Nc3ccc(NPI)c(C(C)=N)c3)c3ccccc32)n1. The van der Waals surface area contributed by atoms with E-state index >= 15 is 0 Å². The molecule has 0 aliphatic rings. The Hall–Kier alpha value is -3.63. The molecular weight excluding hydrogens is 586 g/mol. The van der Waals surface area contributed by atoms with E-state index in [2.05, 4.69) is 42.7 Å². The maximum atomic E-state index is 12.4. The lowest BCUT2D eigenvalue weighted by atomic mass is 10.1. The van der Waals surface area contributed by atoms with Crippen LogP contribution in [0.3, 0.4) is 0 Å². The number of benzene rings is 2. The summed E-state index contributed by atoms with van der Waals surface area (Å²) >= 11 is 2.27. The quantitative estimate of drug-likeness (QED) is 0.0644. The van der Waals surface area contributed by atoms with E-state index in [-0.39, 0.29) is 5.57 Å². The summed E-state index contributed by atoms with van der Waals surface area (Å²) in [6.45, 7) is 3.47. The third-order valence-electron chi connectivity index (χ3n) is 5.38. The molecular formula is C25H24IN8OP. The Balaban J connectivity index is 1.71. The van der Waals surface area contributed by atoms with Crippen molar-refractivity contribution in [3.05, 3.63) is 77.9 Å². The summed E-state index contributed by atoms with van der Waals surface area (Å²) in [6, 6.07) is 19.0. The lowest BCUT2D eigenvalue weighted by Crippen LogP contribution is -2.16. The highest BCUT2D eigenvalue weighted by molar-refractivity contribution is 14.2. The van der Waals surface area contributed by atoms with Crippen LogP contribution in [0.15, 0.2) is 72.3 Å². The fraction of sp³-hybridized carbons (Fsp3) is 0.0800. The summed E-state index contributed by atoms with van der Waals surface area (Å²) in [5.74, 6) is 1.14. The molecule has 5 N–H and O–H groups in total. The van der Waals surface area contributed by atoms with Crippen LogP contribution in [-0.4, -0.2) is 32.6 Å². The average molecular weight is 610 g/mol. The van der Waals surface area contributed by atoms with Gasteiger partial charge in [0.2, 0.25) is 0 Å². The van der Waals surface area contributed by atoms with Crippen LogP contribution in [0.4, 0.5) is 23.0 Å². The van der Waals surface area contributed by atoms with E-state index in [9.17, 15) is 4.79 Å². The highest BCUT2D eigenvalue weighted by Crippen LogP contribution is 2.32. The van der Waals surface area contributed by atoms with Gasteiger partial charge in [-0.25, -0.2) is 9.67 Å². The van der Waals surface area contributed by atoms with Crippen molar-refractivity contribution in [3.8, 4) is 5.82 Å². The molecule has 4 rings (SSSR count). The van der Waals surface area contributed by atoms with E-state index < -0.39 is 5.91 Å². The summed E-state index contributed by atoms with van der Waals surface area (Å²) in [5, 5.41) is 30.7. The van der Waals surface area contributed by atoms with E-state index in [0.29, 0.717) is 29.5 Å². The zero-order valence-electron chi connectivity index (χ0n) is 19.6. The van der Waals surface area contributed by atoms with Crippen molar-refractivity contribution in [2.24, 2.45) is 0 Å². The second kappa shape index (κ2) is 11.4. The first-order chi connectivity index (χ1) is 17.4. The Labute approximate surface area is 223 Å². The highest BCUT2D eigenvalue weighted by Gasteiger charge is 2.15. The Morgan fingerprint density at radius 1 is 1.14 bits per heavy atom. The van der Waals surface area contributed by atoms with Gasteiger partial charge in [-0.3, -0.25) is 4.79 Å². The molecule has 0 bridgehead atoms. The molecule has 0 spiro atoms. The second-order valence-electron chi connectivity index (χ2n) is 7.73. The number of hydrogen-bond donors (Lipinski definition) is 5. The lowest BCUT2D eigenvalue weighted by Gasteiger charge is -2.12. The average Bonchev–Trinajstić information content (AvgIpc) is 3.24. The number of amides is 1. The monoisotopic (exact) mass is 610 g/mol. The Kier molecular flexibility index (Phi) is 8.07. The maximum absolute atomic E-state index is 12.4. The number of rotatable bonds is 9. The van der Waals surface area contributed by atoms with Crippen LogP contribution in [0.5, 0.6) is 0 Å². The maximum Gasteiger partial charge on any atom is 0.258 e. The zero-order valence-corrected chi connectivity index (χ0v) is 22.7. The van der Waals surface area contributed by atoms with Crippen molar-refractivity contribution < 1.29 is 4.79 Å². The van der Waals surface area contributed by atoms with E-state index in [1.807, 2.05) is 48.5 Å². The van der Waals surface area contributed by atoms with E-state index in [0.717, 1.165) is 34.1 Å². The van der Waals surface area contributed by atoms with Gasteiger partial charge in [0.1, 0.15) is 5.82 Å². The number of anilines is 4. The van der Waals surface area contributed by atoms with Crippen LogP contribution in [0.2, 0.25) is 0 Å². The molecule has 0 fully saturated rings. The Bertz CT molecular complexity index is 1500. The standard InChI is InChI=1S/C25H24IN8OP/c1-3-16(14-27)25(35)31-22-9-6-10-23(30-22)34-21-8-5-4-7-18(21)24(32-34)29-17-11-12-20(33-36-26)19(13-17)15(2)28/h3-14,27-28,33,36H,1-2H3,(H,29,32)(H,30,31,35)/b16-3+,27-14?,28-15?. The molecule has 182 valence electrons. The van der Waals surface area contributed by atoms with Crippen molar-refractivity contribution in [1.82, 2.24) is 14.8 Å². The van der Waals surface area contributed by atoms with Gasteiger partial charge in [0, 0.05) is 40.6 Å². The number of halogens is 1. The third-order valence-corrected chi connectivity index (χ3v) is 6.55. The summed E-state index contributed by atoms with van der Waals surface area (Å²) in [5.41, 5.74) is 4.12. The molecule has 11 heteroatoms. The van der Waals surface area contributed by atoms with Crippen LogP contribution in [0.25, 0.3) is 16.7 Å². The Morgan fingerprint density at radius 2 is 1.94 bits per heavy atom. The first kappa shape index (κ1) is 25.5. The van der Waals surface area contributed by atoms with Crippen molar-refractivity contribution in [2.45, 2.75) is 13.8 Å². The molecule has 0 radical (unpaired) electrons. The minimum absolute atomic E-state index is 0.248. The number of carbonyl (C=O) groups is 1. The van der Waals surface area contributed by atoms with Gasteiger partial charge in [-0.15, -0.1) is 5.10 Å². The minimum atomic E-state index is -0.400. The number of allylic oxidation sites excluding steroid dienone is 1. The molecule has 0 saturated heterocycles. The van der Waals surface area contributed by atoms with Crippen molar-refractivity contribution in [1.29, 1.82) is 10.8 Å². The molecule has 0 saturated carbocycles. The molecule has 2 heterocycles. The van der Waals surface area contributed by atoms with E-state index in [4.69, 9.17) is 15.9 Å². The summed E-state index contributed by atoms with van der Waals surface area (Å²) in [7, 11) is 0. The molecule has 1 unspecified atom stereocenters. The number of fused-ring (bicyclic) bond motifs is 1. The van der Waals surface area contributed by atoms with E-state index in [1.54, 1.807) is 36.7 Å². The molecule has 0 aliphatic carbocycles. The topological polar surface area (TPSA) is 132 Å². The van der Waals surface area contributed by atoms with Crippen LogP contribution in [0, 0.1) is 10.8 Å². The predicted octanol–water partition coefficient (Wildman–Crippen LogP) is 6.44. The zero-order chi connectivity index (χ0) is 25.7. The van der Waals surface area contributed by atoms with Crippen molar-refractivity contribution in [3.63, 3.8) is 0 Å². The number of hydrogen-bond acceptors (Lipinski definition) is 7. The predicted molar refractivity (Wildman–Crippen MR) is 158 cm³/mol. The van der Waals surface area contributed by atoms with Gasteiger partial charge in [-0.2, -0.15) is 0 Å². The number of carbonyl (C=O) groups excluding carboxylic acids is 1. The molecule has 2 aromatic heterocycles. The summed E-state index contributed by atoms with van der Waals surface area (Å²) in [4.78, 5) is 16.9. The van der Waals surface area contributed by atoms with Gasteiger partial charge >= 0.3 is 0 Å². The summed E-state index contributed by atoms with van der Waals surface area (Å²) < 4.78 is 1.72. The third kappa shape index (κ3) is 5.44. The second-order valence-corrected chi connectivity index (χ2v) is 9.79. The van der Waals surface area contributed by atoms with E-state index in [1.165, 1.54) is 0 Å². The van der Waals surface area contributed by atoms with Gasteiger partial charge in [-0.05, 0) is 78.4 Å². The largest absolute Gasteiger partial charge is 0.358 e. The van der Waals surface area contributed by atoms with Crippen LogP contribution in [-0.2, 0) is 4.79 Å². The van der Waals surface area contributed by atoms with Gasteiger partial charge in [0.25, 0.3) is 5.91 Å². The summed E-state index contributed by atoms with van der Waals surface area (Å²) in [6.07, 6.45) is 3.08. The van der Waals surface area contributed by atoms with Crippen LogP contribution < -0.4 is 15.7 Å². The lowest BCUT2D eigenvalue weighted by molar-refractivity contribution is -0.112. The number of para-hydroxylation sites is 1. The van der Waals surface area contributed by atoms with Crippen molar-refractivity contribution in [2.75, 3.05) is 15.7 Å². The first-order valence-electron chi connectivity index (χ1n) is 11.0.